The van der Waals surface area contributed by atoms with Crippen molar-refractivity contribution in [3.63, 3.8) is 0 Å². The first-order chi connectivity index (χ1) is 13.1. The molecule has 1 N–H and O–H groups in total. The van der Waals surface area contributed by atoms with Gasteiger partial charge in [-0.2, -0.15) is 0 Å². The third-order valence-corrected chi connectivity index (χ3v) is 6.59. The average molecular weight is 425 g/mol. The highest BCUT2D eigenvalue weighted by molar-refractivity contribution is 7.21. The number of benzene rings is 1. The monoisotopic (exact) mass is 424 g/mol. The first kappa shape index (κ1) is 18.8. The van der Waals surface area contributed by atoms with Crippen LogP contribution in [0.25, 0.3) is 10.1 Å². The summed E-state index contributed by atoms with van der Waals surface area (Å²) in [5, 5.41) is 4.69. The van der Waals surface area contributed by atoms with Crippen LogP contribution in [0.2, 0.25) is 10.0 Å². The number of nitrogens with zero attached hydrogens (tertiary/aromatic N) is 1. The molecular weight excluding hydrogens is 407 g/mol. The predicted molar refractivity (Wildman–Crippen MR) is 108 cm³/mol. The second-order valence-corrected chi connectivity index (χ2v) is 8.09. The minimum absolute atomic E-state index is 0.0513. The normalized spacial score (nSPS) is 16.5. The maximum atomic E-state index is 12.8. The van der Waals surface area contributed by atoms with E-state index < -0.39 is 0 Å². The molecule has 0 unspecified atom stereocenters. The first-order valence-corrected chi connectivity index (χ1v) is 10.2. The Morgan fingerprint density at radius 2 is 2.04 bits per heavy atom. The van der Waals surface area contributed by atoms with E-state index in [1.165, 1.54) is 11.3 Å². The number of amides is 1. The van der Waals surface area contributed by atoms with E-state index in [0.29, 0.717) is 34.7 Å². The van der Waals surface area contributed by atoms with Crippen molar-refractivity contribution >= 4 is 50.5 Å². The first-order valence-electron chi connectivity index (χ1n) is 8.65. The second kappa shape index (κ2) is 8.20. The summed E-state index contributed by atoms with van der Waals surface area (Å²) in [6.07, 6.45) is 1.65. The number of furan rings is 1. The summed E-state index contributed by atoms with van der Waals surface area (Å²) < 4.78 is 11.9. The highest BCUT2D eigenvalue weighted by Crippen LogP contribution is 2.39. The fourth-order valence-electron chi connectivity index (χ4n) is 3.27. The lowest BCUT2D eigenvalue weighted by atomic mass is 10.1. The van der Waals surface area contributed by atoms with Gasteiger partial charge in [0, 0.05) is 29.7 Å². The number of carbonyl (C=O) groups is 1. The summed E-state index contributed by atoms with van der Waals surface area (Å²) in [4.78, 5) is 15.5. The molecule has 8 heteroatoms. The van der Waals surface area contributed by atoms with Crippen molar-refractivity contribution in [1.29, 1.82) is 0 Å². The third kappa shape index (κ3) is 3.86. The molecule has 0 spiro atoms. The molecular formula is C19H18Cl2N2O3S. The molecule has 1 aliphatic rings. The zero-order valence-corrected chi connectivity index (χ0v) is 16.7. The maximum absolute atomic E-state index is 12.8. The van der Waals surface area contributed by atoms with Gasteiger partial charge in [0.1, 0.15) is 10.6 Å². The minimum Gasteiger partial charge on any atom is -0.468 e. The molecule has 0 aliphatic carbocycles. The number of fused-ring (bicyclic) bond motifs is 1. The molecule has 1 saturated heterocycles. The van der Waals surface area contributed by atoms with Crippen LogP contribution in [-0.4, -0.2) is 43.7 Å². The topological polar surface area (TPSA) is 54.7 Å². The number of morpholine rings is 1. The van der Waals surface area contributed by atoms with Crippen LogP contribution in [-0.2, 0) is 4.74 Å². The molecule has 0 radical (unpaired) electrons. The van der Waals surface area contributed by atoms with Crippen LogP contribution in [0.15, 0.2) is 41.0 Å². The summed E-state index contributed by atoms with van der Waals surface area (Å²) in [6, 6.07) is 9.27. The fourth-order valence-corrected chi connectivity index (χ4v) is 5.14. The Bertz CT molecular complexity index is 936. The summed E-state index contributed by atoms with van der Waals surface area (Å²) in [7, 11) is 0. The molecule has 0 saturated carbocycles. The van der Waals surface area contributed by atoms with Crippen molar-refractivity contribution in [3.8, 4) is 0 Å². The van der Waals surface area contributed by atoms with Gasteiger partial charge in [-0.25, -0.2) is 0 Å². The van der Waals surface area contributed by atoms with E-state index in [1.54, 1.807) is 12.3 Å². The number of carbonyl (C=O) groups excluding carboxylic acids is 1. The molecule has 1 amide bonds. The lowest BCUT2D eigenvalue weighted by Gasteiger charge is -2.33. The van der Waals surface area contributed by atoms with Gasteiger partial charge in [-0.3, -0.25) is 9.69 Å². The van der Waals surface area contributed by atoms with Gasteiger partial charge < -0.3 is 14.5 Å². The number of nitrogens with one attached hydrogen (secondary N) is 1. The van der Waals surface area contributed by atoms with Gasteiger partial charge >= 0.3 is 0 Å². The van der Waals surface area contributed by atoms with Gasteiger partial charge in [0.25, 0.3) is 5.91 Å². The molecule has 1 aromatic carbocycles. The molecule has 3 aromatic rings. The highest BCUT2D eigenvalue weighted by Gasteiger charge is 2.26. The van der Waals surface area contributed by atoms with Crippen LogP contribution in [0, 0.1) is 0 Å². The molecule has 5 nitrogen and oxygen atoms in total. The van der Waals surface area contributed by atoms with E-state index in [0.717, 1.165) is 28.9 Å². The molecule has 1 atom stereocenters. The second-order valence-electron chi connectivity index (χ2n) is 6.25. The molecule has 0 bridgehead atoms. The van der Waals surface area contributed by atoms with Gasteiger partial charge in [0.2, 0.25) is 0 Å². The van der Waals surface area contributed by atoms with E-state index in [9.17, 15) is 4.79 Å². The van der Waals surface area contributed by atoms with E-state index >= 15 is 0 Å². The highest BCUT2D eigenvalue weighted by atomic mass is 35.5. The number of hydrogen-bond donors (Lipinski definition) is 1. The molecule has 142 valence electrons. The molecule has 27 heavy (non-hydrogen) atoms. The Morgan fingerprint density at radius 1 is 1.22 bits per heavy atom. The molecule has 2 aromatic heterocycles. The molecule has 1 aliphatic heterocycles. The van der Waals surface area contributed by atoms with Crippen molar-refractivity contribution in [3.05, 3.63) is 57.3 Å². The summed E-state index contributed by atoms with van der Waals surface area (Å²) in [5.41, 5.74) is 0. The smallest absolute Gasteiger partial charge is 0.263 e. The van der Waals surface area contributed by atoms with Crippen molar-refractivity contribution < 1.29 is 13.9 Å². The number of halogens is 2. The van der Waals surface area contributed by atoms with Gasteiger partial charge in [-0.1, -0.05) is 29.3 Å². The average Bonchev–Trinajstić information content (AvgIpc) is 3.32. The van der Waals surface area contributed by atoms with Crippen molar-refractivity contribution in [2.24, 2.45) is 0 Å². The molecule has 4 rings (SSSR count). The summed E-state index contributed by atoms with van der Waals surface area (Å²) >= 11 is 14.0. The fraction of sp³-hybridized carbons (Fsp3) is 0.316. The lowest BCUT2D eigenvalue weighted by molar-refractivity contribution is 0.0118. The lowest BCUT2D eigenvalue weighted by Crippen LogP contribution is -2.43. The zero-order chi connectivity index (χ0) is 18.8. The Labute approximate surface area is 170 Å². The van der Waals surface area contributed by atoms with Crippen molar-refractivity contribution in [2.75, 3.05) is 32.8 Å². The van der Waals surface area contributed by atoms with E-state index in [1.807, 2.05) is 24.3 Å². The summed E-state index contributed by atoms with van der Waals surface area (Å²) in [5.74, 6) is 0.616. The number of hydrogen-bond acceptors (Lipinski definition) is 5. The van der Waals surface area contributed by atoms with E-state index in [2.05, 4.69) is 10.2 Å². The van der Waals surface area contributed by atoms with Crippen LogP contribution in [0.3, 0.4) is 0 Å². The Balaban J connectivity index is 1.53. The van der Waals surface area contributed by atoms with Gasteiger partial charge in [0.05, 0.1) is 35.6 Å². The third-order valence-electron chi connectivity index (χ3n) is 4.63. The van der Waals surface area contributed by atoms with Crippen molar-refractivity contribution in [2.45, 2.75) is 6.04 Å². The van der Waals surface area contributed by atoms with Crippen molar-refractivity contribution in [1.82, 2.24) is 10.2 Å². The van der Waals surface area contributed by atoms with E-state index in [-0.39, 0.29) is 11.9 Å². The number of rotatable bonds is 5. The van der Waals surface area contributed by atoms with Crippen LogP contribution in [0.4, 0.5) is 0 Å². The summed E-state index contributed by atoms with van der Waals surface area (Å²) in [6.45, 7) is 3.35. The SMILES string of the molecule is O=C(NC[C@H](c1ccco1)N1CCOCC1)c1sc2cccc(Cl)c2c1Cl. The zero-order valence-electron chi connectivity index (χ0n) is 14.4. The predicted octanol–water partition coefficient (Wildman–Crippen LogP) is 4.60. The van der Waals surface area contributed by atoms with Gasteiger partial charge in [-0.05, 0) is 24.3 Å². The Morgan fingerprint density at radius 3 is 2.74 bits per heavy atom. The van der Waals surface area contributed by atoms with Crippen LogP contribution in [0.1, 0.15) is 21.5 Å². The van der Waals surface area contributed by atoms with Gasteiger partial charge in [-0.15, -0.1) is 11.3 Å². The minimum atomic E-state index is -0.206. The standard InChI is InChI=1S/C19H18Cl2N2O3S/c20-12-3-1-5-15-16(12)17(21)18(27-15)19(24)22-11-13(14-4-2-8-26-14)23-6-9-25-10-7-23/h1-5,8,13H,6-7,9-11H2,(H,22,24)/t13-/m1/s1. The Kier molecular flexibility index (Phi) is 5.71. The van der Waals surface area contributed by atoms with Crippen LogP contribution < -0.4 is 5.32 Å². The molecule has 1 fully saturated rings. The quantitative estimate of drug-likeness (QED) is 0.649. The maximum Gasteiger partial charge on any atom is 0.263 e. The van der Waals surface area contributed by atoms with Crippen LogP contribution >= 0.6 is 34.5 Å². The Hall–Kier alpha value is -1.57. The van der Waals surface area contributed by atoms with E-state index in [4.69, 9.17) is 32.4 Å². The van der Waals surface area contributed by atoms with Crippen LogP contribution in [0.5, 0.6) is 0 Å². The largest absolute Gasteiger partial charge is 0.468 e. The molecule has 3 heterocycles. The number of thiophene rings is 1. The number of ether oxygens (including phenoxy) is 1. The van der Waals surface area contributed by atoms with Gasteiger partial charge in [0.15, 0.2) is 0 Å².